The third kappa shape index (κ3) is 7.24. The Bertz CT molecular complexity index is 170. The lowest BCUT2D eigenvalue weighted by atomic mass is 10.3. The van der Waals surface area contributed by atoms with Crippen LogP contribution in [0.5, 0.6) is 0 Å². The standard InChI is InChI=1S/C13H30Cl2Si2/c1-5-16(14,6-2)12-10-9-11-13-17(15,7-3)8-4/h5-13H2,1-4H3. The fourth-order valence-electron chi connectivity index (χ4n) is 2.27. The van der Waals surface area contributed by atoms with Crippen molar-refractivity contribution >= 4 is 36.9 Å². The van der Waals surface area contributed by atoms with E-state index in [0.29, 0.717) is 0 Å². The van der Waals surface area contributed by atoms with Gasteiger partial charge in [-0.1, -0.05) is 47.0 Å². The van der Waals surface area contributed by atoms with Crippen molar-refractivity contribution in [1.82, 2.24) is 0 Å². The Kier molecular flexibility index (Phi) is 9.54. The zero-order valence-electron chi connectivity index (χ0n) is 12.1. The SMILES string of the molecule is CC[Si](Cl)(CC)CCCCC[Si](Cl)(CC)CC. The summed E-state index contributed by atoms with van der Waals surface area (Å²) < 4.78 is 0. The van der Waals surface area contributed by atoms with Crippen molar-refractivity contribution < 1.29 is 0 Å². The molecule has 0 nitrogen and oxygen atoms in total. The Morgan fingerprint density at radius 1 is 0.588 bits per heavy atom. The molecule has 0 N–H and O–H groups in total. The zero-order chi connectivity index (χ0) is 13.4. The van der Waals surface area contributed by atoms with Gasteiger partial charge in [-0.05, 0) is 36.3 Å². The molecular weight excluding hydrogens is 283 g/mol. The molecule has 0 spiro atoms. The van der Waals surface area contributed by atoms with Gasteiger partial charge in [-0.25, -0.2) is 0 Å². The molecule has 0 aromatic heterocycles. The molecule has 0 bridgehead atoms. The topological polar surface area (TPSA) is 0 Å². The largest absolute Gasteiger partial charge is 0.167 e. The summed E-state index contributed by atoms with van der Waals surface area (Å²) in [5, 5.41) is 0. The van der Waals surface area contributed by atoms with Crippen molar-refractivity contribution in [2.75, 3.05) is 0 Å². The lowest BCUT2D eigenvalue weighted by Gasteiger charge is -2.22. The maximum atomic E-state index is 6.65. The maximum Gasteiger partial charge on any atom is 0.156 e. The molecule has 0 heterocycles. The van der Waals surface area contributed by atoms with Crippen LogP contribution in [-0.2, 0) is 0 Å². The summed E-state index contributed by atoms with van der Waals surface area (Å²) in [4.78, 5) is 0. The van der Waals surface area contributed by atoms with E-state index in [0.717, 1.165) is 0 Å². The second-order valence-electron chi connectivity index (χ2n) is 5.28. The molecule has 0 aliphatic heterocycles. The van der Waals surface area contributed by atoms with Gasteiger partial charge in [0.2, 0.25) is 0 Å². The lowest BCUT2D eigenvalue weighted by molar-refractivity contribution is 0.753. The van der Waals surface area contributed by atoms with Crippen molar-refractivity contribution in [3.8, 4) is 0 Å². The fraction of sp³-hybridized carbons (Fsp3) is 1.00. The summed E-state index contributed by atoms with van der Waals surface area (Å²) in [5.41, 5.74) is 0. The first kappa shape index (κ1) is 18.0. The van der Waals surface area contributed by atoms with Crippen LogP contribution in [0.3, 0.4) is 0 Å². The molecule has 0 aliphatic rings. The molecule has 104 valence electrons. The van der Waals surface area contributed by atoms with Crippen LogP contribution >= 0.6 is 22.2 Å². The summed E-state index contributed by atoms with van der Waals surface area (Å²) in [5.74, 6) is 0. The summed E-state index contributed by atoms with van der Waals surface area (Å²) in [6.07, 6.45) is 3.99. The van der Waals surface area contributed by atoms with E-state index in [9.17, 15) is 0 Å². The second-order valence-corrected chi connectivity index (χ2v) is 18.5. The number of hydrogen-bond donors (Lipinski definition) is 0. The molecule has 0 saturated carbocycles. The van der Waals surface area contributed by atoms with Crippen LogP contribution in [0.4, 0.5) is 0 Å². The fourth-order valence-corrected chi connectivity index (χ4v) is 7.25. The minimum Gasteiger partial charge on any atom is -0.167 e. The first-order chi connectivity index (χ1) is 7.95. The molecule has 0 atom stereocenters. The molecular formula is C13H30Cl2Si2. The van der Waals surface area contributed by atoms with Gasteiger partial charge < -0.3 is 0 Å². The predicted molar refractivity (Wildman–Crippen MR) is 88.6 cm³/mol. The highest BCUT2D eigenvalue weighted by atomic mass is 35.6. The Labute approximate surface area is 120 Å². The van der Waals surface area contributed by atoms with Crippen molar-refractivity contribution in [3.05, 3.63) is 0 Å². The first-order valence-electron chi connectivity index (χ1n) is 7.33. The molecule has 0 fully saturated rings. The van der Waals surface area contributed by atoms with E-state index in [-0.39, 0.29) is 0 Å². The van der Waals surface area contributed by atoms with E-state index in [2.05, 4.69) is 27.7 Å². The summed E-state index contributed by atoms with van der Waals surface area (Å²) in [6, 6.07) is 7.51. The van der Waals surface area contributed by atoms with Gasteiger partial charge in [0, 0.05) is 0 Å². The van der Waals surface area contributed by atoms with Crippen LogP contribution < -0.4 is 0 Å². The number of hydrogen-bond acceptors (Lipinski definition) is 0. The van der Waals surface area contributed by atoms with E-state index in [1.54, 1.807) is 0 Å². The summed E-state index contributed by atoms with van der Waals surface area (Å²) in [7, 11) is -2.72. The van der Waals surface area contributed by atoms with E-state index >= 15 is 0 Å². The van der Waals surface area contributed by atoms with E-state index in [4.69, 9.17) is 22.2 Å². The monoisotopic (exact) mass is 312 g/mol. The van der Waals surface area contributed by atoms with Crippen LogP contribution in [0.2, 0.25) is 36.3 Å². The Morgan fingerprint density at radius 2 is 0.882 bits per heavy atom. The van der Waals surface area contributed by atoms with Crippen molar-refractivity contribution in [1.29, 1.82) is 0 Å². The Hall–Kier alpha value is 1.01. The lowest BCUT2D eigenvalue weighted by Crippen LogP contribution is -2.25. The molecule has 0 radical (unpaired) electrons. The molecule has 0 rings (SSSR count). The average Bonchev–Trinajstić information content (AvgIpc) is 2.37. The van der Waals surface area contributed by atoms with Gasteiger partial charge in [-0.15, -0.1) is 0 Å². The first-order valence-corrected chi connectivity index (χ1v) is 14.6. The molecule has 17 heavy (non-hydrogen) atoms. The van der Waals surface area contributed by atoms with E-state index < -0.39 is 14.8 Å². The Morgan fingerprint density at radius 3 is 1.12 bits per heavy atom. The quantitative estimate of drug-likeness (QED) is 0.242. The number of rotatable bonds is 10. The molecule has 0 aromatic rings. The van der Waals surface area contributed by atoms with Gasteiger partial charge in [0.15, 0.2) is 14.8 Å². The molecule has 0 unspecified atom stereocenters. The van der Waals surface area contributed by atoms with Gasteiger partial charge in [0.25, 0.3) is 0 Å². The highest BCUT2D eigenvalue weighted by molar-refractivity contribution is 7.20. The molecule has 0 amide bonds. The van der Waals surface area contributed by atoms with Gasteiger partial charge >= 0.3 is 0 Å². The van der Waals surface area contributed by atoms with Crippen molar-refractivity contribution in [2.45, 2.75) is 83.2 Å². The van der Waals surface area contributed by atoms with Crippen LogP contribution in [0.15, 0.2) is 0 Å². The smallest absolute Gasteiger partial charge is 0.156 e. The van der Waals surface area contributed by atoms with Crippen molar-refractivity contribution in [3.63, 3.8) is 0 Å². The van der Waals surface area contributed by atoms with Crippen LogP contribution in [0, 0.1) is 0 Å². The molecule has 0 aromatic carbocycles. The van der Waals surface area contributed by atoms with Crippen LogP contribution in [-0.4, -0.2) is 14.8 Å². The minimum atomic E-state index is -1.36. The van der Waals surface area contributed by atoms with E-state index in [1.807, 2.05) is 0 Å². The third-order valence-corrected chi connectivity index (χ3v) is 16.2. The minimum absolute atomic E-state index is 1.23. The normalized spacial score (nSPS) is 13.1. The van der Waals surface area contributed by atoms with Crippen LogP contribution in [0.1, 0.15) is 47.0 Å². The zero-order valence-corrected chi connectivity index (χ0v) is 15.6. The second kappa shape index (κ2) is 9.00. The predicted octanol–water partition coefficient (Wildman–Crippen LogP) is 6.60. The van der Waals surface area contributed by atoms with Crippen LogP contribution in [0.25, 0.3) is 0 Å². The average molecular weight is 313 g/mol. The molecule has 0 saturated heterocycles. The summed E-state index contributed by atoms with van der Waals surface area (Å²) >= 11 is 13.3. The maximum absolute atomic E-state index is 6.65. The molecule has 4 heteroatoms. The highest BCUT2D eigenvalue weighted by Crippen LogP contribution is 2.30. The van der Waals surface area contributed by atoms with Gasteiger partial charge in [0.05, 0.1) is 0 Å². The highest BCUT2D eigenvalue weighted by Gasteiger charge is 2.27. The Balaban J connectivity index is 3.72. The van der Waals surface area contributed by atoms with Crippen molar-refractivity contribution in [2.24, 2.45) is 0 Å². The third-order valence-electron chi connectivity index (χ3n) is 4.28. The van der Waals surface area contributed by atoms with Gasteiger partial charge in [0.1, 0.15) is 0 Å². The number of unbranched alkanes of at least 4 members (excludes halogenated alkanes) is 2. The van der Waals surface area contributed by atoms with Gasteiger partial charge in [-0.3, -0.25) is 0 Å². The van der Waals surface area contributed by atoms with Gasteiger partial charge in [-0.2, -0.15) is 22.2 Å². The van der Waals surface area contributed by atoms with E-state index in [1.165, 1.54) is 55.5 Å². The molecule has 0 aliphatic carbocycles. The number of halogens is 2. The summed E-state index contributed by atoms with van der Waals surface area (Å²) in [6.45, 7) is 9.03.